The van der Waals surface area contributed by atoms with E-state index in [1.54, 1.807) is 0 Å². The van der Waals surface area contributed by atoms with Crippen LogP contribution in [0.15, 0.2) is 24.3 Å². The van der Waals surface area contributed by atoms with Crippen molar-refractivity contribution in [2.75, 3.05) is 11.9 Å². The Labute approximate surface area is 160 Å². The molecule has 2 heterocycles. The molecule has 6 nitrogen and oxygen atoms in total. The second kappa shape index (κ2) is 8.84. The number of carbonyl (C=O) groups is 2. The summed E-state index contributed by atoms with van der Waals surface area (Å²) in [5.41, 5.74) is 3.09. The van der Waals surface area contributed by atoms with Crippen LogP contribution in [0.5, 0.6) is 0 Å². The van der Waals surface area contributed by atoms with Crippen LogP contribution in [-0.2, 0) is 13.0 Å². The monoisotopic (exact) mass is 368 g/mol. The van der Waals surface area contributed by atoms with Gasteiger partial charge in [0.15, 0.2) is 5.82 Å². The van der Waals surface area contributed by atoms with E-state index in [4.69, 9.17) is 0 Å². The van der Waals surface area contributed by atoms with Gasteiger partial charge in [0.1, 0.15) is 5.69 Å². The summed E-state index contributed by atoms with van der Waals surface area (Å²) < 4.78 is 1.91. The molecule has 0 spiro atoms. The average Bonchev–Trinajstić information content (AvgIpc) is 3.05. The molecule has 2 amide bonds. The quantitative estimate of drug-likeness (QED) is 0.732. The molecule has 144 valence electrons. The third kappa shape index (κ3) is 4.56. The first-order valence-electron chi connectivity index (χ1n) is 9.85. The molecule has 1 aliphatic heterocycles. The van der Waals surface area contributed by atoms with Crippen LogP contribution in [0.2, 0.25) is 0 Å². The Morgan fingerprint density at radius 3 is 2.81 bits per heavy atom. The van der Waals surface area contributed by atoms with E-state index in [1.807, 2.05) is 35.8 Å². The SMILES string of the molecule is CCCCCNC(=O)c1nc(C(=O)Nc2cccc(C)c2)n2c1CCCC2. The lowest BCUT2D eigenvalue weighted by Gasteiger charge is -2.17. The van der Waals surface area contributed by atoms with Crippen molar-refractivity contribution in [2.24, 2.45) is 0 Å². The molecule has 0 radical (unpaired) electrons. The van der Waals surface area contributed by atoms with Gasteiger partial charge < -0.3 is 15.2 Å². The number of imidazole rings is 1. The van der Waals surface area contributed by atoms with Crippen LogP contribution in [0.4, 0.5) is 5.69 Å². The third-order valence-electron chi connectivity index (χ3n) is 4.88. The van der Waals surface area contributed by atoms with Crippen LogP contribution in [0.3, 0.4) is 0 Å². The Hall–Kier alpha value is -2.63. The number of fused-ring (bicyclic) bond motifs is 1. The van der Waals surface area contributed by atoms with Crippen molar-refractivity contribution in [2.45, 2.75) is 58.9 Å². The Morgan fingerprint density at radius 1 is 1.19 bits per heavy atom. The molecule has 0 saturated carbocycles. The maximum Gasteiger partial charge on any atom is 0.291 e. The van der Waals surface area contributed by atoms with Crippen LogP contribution >= 0.6 is 0 Å². The van der Waals surface area contributed by atoms with Gasteiger partial charge in [-0.1, -0.05) is 31.9 Å². The van der Waals surface area contributed by atoms with E-state index in [2.05, 4.69) is 22.5 Å². The van der Waals surface area contributed by atoms with E-state index in [9.17, 15) is 9.59 Å². The second-order valence-corrected chi connectivity index (χ2v) is 7.13. The summed E-state index contributed by atoms with van der Waals surface area (Å²) in [6, 6.07) is 7.65. The highest BCUT2D eigenvalue weighted by molar-refractivity contribution is 6.03. The number of unbranched alkanes of at least 4 members (excludes halogenated alkanes) is 2. The van der Waals surface area contributed by atoms with E-state index in [1.165, 1.54) is 0 Å². The summed E-state index contributed by atoms with van der Waals surface area (Å²) in [4.78, 5) is 29.9. The minimum Gasteiger partial charge on any atom is -0.351 e. The van der Waals surface area contributed by atoms with Crippen molar-refractivity contribution < 1.29 is 9.59 Å². The standard InChI is InChI=1S/C21H28N4O2/c1-3-4-6-12-22-20(26)18-17-11-5-7-13-25(17)19(24-18)21(27)23-16-10-8-9-15(2)14-16/h8-10,14H,3-7,11-13H2,1-2H3,(H,22,26)(H,23,27). The molecule has 0 saturated heterocycles. The van der Waals surface area contributed by atoms with Gasteiger partial charge in [0.25, 0.3) is 11.8 Å². The van der Waals surface area contributed by atoms with Crippen LogP contribution in [0.1, 0.15) is 71.4 Å². The van der Waals surface area contributed by atoms with Gasteiger partial charge in [0, 0.05) is 18.8 Å². The van der Waals surface area contributed by atoms with Crippen molar-refractivity contribution in [3.63, 3.8) is 0 Å². The highest BCUT2D eigenvalue weighted by Gasteiger charge is 2.27. The molecule has 1 aromatic carbocycles. The van der Waals surface area contributed by atoms with Crippen molar-refractivity contribution in [3.05, 3.63) is 47.0 Å². The molecule has 2 N–H and O–H groups in total. The number of carbonyl (C=O) groups excluding carboxylic acids is 2. The van der Waals surface area contributed by atoms with Crippen LogP contribution in [0.25, 0.3) is 0 Å². The number of rotatable bonds is 7. The van der Waals surface area contributed by atoms with Crippen molar-refractivity contribution in [1.82, 2.24) is 14.9 Å². The maximum atomic E-state index is 12.8. The zero-order valence-electron chi connectivity index (χ0n) is 16.2. The van der Waals surface area contributed by atoms with Gasteiger partial charge in [0.05, 0.1) is 5.69 Å². The van der Waals surface area contributed by atoms with E-state index in [0.29, 0.717) is 18.1 Å². The number of amides is 2. The maximum absolute atomic E-state index is 12.8. The molecule has 27 heavy (non-hydrogen) atoms. The Balaban J connectivity index is 1.80. The fourth-order valence-corrected chi connectivity index (χ4v) is 3.47. The predicted octanol–water partition coefficient (Wildman–Crippen LogP) is 3.70. The summed E-state index contributed by atoms with van der Waals surface area (Å²) in [5, 5.41) is 5.85. The first kappa shape index (κ1) is 19.1. The van der Waals surface area contributed by atoms with Gasteiger partial charge in [0.2, 0.25) is 0 Å². The molecule has 0 bridgehead atoms. The summed E-state index contributed by atoms with van der Waals surface area (Å²) in [7, 11) is 0. The lowest BCUT2D eigenvalue weighted by Crippen LogP contribution is -2.26. The number of aromatic nitrogens is 2. The molecular weight excluding hydrogens is 340 g/mol. The molecule has 0 fully saturated rings. The lowest BCUT2D eigenvalue weighted by atomic mass is 10.1. The fourth-order valence-electron chi connectivity index (χ4n) is 3.47. The number of nitrogens with zero attached hydrogens (tertiary/aromatic N) is 2. The molecule has 6 heteroatoms. The summed E-state index contributed by atoms with van der Waals surface area (Å²) in [5.74, 6) is -0.120. The number of anilines is 1. The molecule has 0 atom stereocenters. The zero-order chi connectivity index (χ0) is 19.2. The average molecular weight is 368 g/mol. The van der Waals surface area contributed by atoms with Gasteiger partial charge in [-0.15, -0.1) is 0 Å². The van der Waals surface area contributed by atoms with Crippen LogP contribution in [0, 0.1) is 6.92 Å². The lowest BCUT2D eigenvalue weighted by molar-refractivity contribution is 0.0947. The first-order valence-corrected chi connectivity index (χ1v) is 9.85. The predicted molar refractivity (Wildman–Crippen MR) is 106 cm³/mol. The van der Waals surface area contributed by atoms with E-state index in [-0.39, 0.29) is 11.8 Å². The van der Waals surface area contributed by atoms with E-state index < -0.39 is 0 Å². The molecule has 2 aromatic rings. The second-order valence-electron chi connectivity index (χ2n) is 7.13. The van der Waals surface area contributed by atoms with Gasteiger partial charge in [-0.05, 0) is 50.3 Å². The molecule has 1 aliphatic rings. The smallest absolute Gasteiger partial charge is 0.291 e. The van der Waals surface area contributed by atoms with E-state index >= 15 is 0 Å². The van der Waals surface area contributed by atoms with Crippen molar-refractivity contribution in [1.29, 1.82) is 0 Å². The zero-order valence-corrected chi connectivity index (χ0v) is 16.2. The third-order valence-corrected chi connectivity index (χ3v) is 4.88. The molecular formula is C21H28N4O2. The summed E-state index contributed by atoms with van der Waals surface area (Å²) in [6.45, 7) is 5.48. The number of hydrogen-bond acceptors (Lipinski definition) is 3. The van der Waals surface area contributed by atoms with Crippen LogP contribution in [-0.4, -0.2) is 27.9 Å². The minimum absolute atomic E-state index is 0.175. The van der Waals surface area contributed by atoms with Crippen molar-refractivity contribution >= 4 is 17.5 Å². The molecule has 0 unspecified atom stereocenters. The minimum atomic E-state index is -0.270. The summed E-state index contributed by atoms with van der Waals surface area (Å²) in [6.07, 6.45) is 5.94. The molecule has 0 aliphatic carbocycles. The van der Waals surface area contributed by atoms with Crippen LogP contribution < -0.4 is 10.6 Å². The number of nitrogens with one attached hydrogen (secondary N) is 2. The fraction of sp³-hybridized carbons (Fsp3) is 0.476. The molecule has 3 rings (SSSR count). The van der Waals surface area contributed by atoms with Gasteiger partial charge >= 0.3 is 0 Å². The van der Waals surface area contributed by atoms with Gasteiger partial charge in [-0.2, -0.15) is 0 Å². The number of benzene rings is 1. The van der Waals surface area contributed by atoms with E-state index in [0.717, 1.165) is 62.0 Å². The highest BCUT2D eigenvalue weighted by Crippen LogP contribution is 2.22. The highest BCUT2D eigenvalue weighted by atomic mass is 16.2. The molecule has 1 aromatic heterocycles. The number of hydrogen-bond donors (Lipinski definition) is 2. The van der Waals surface area contributed by atoms with Gasteiger partial charge in [-0.25, -0.2) is 4.98 Å². The Bertz CT molecular complexity index is 826. The Morgan fingerprint density at radius 2 is 2.04 bits per heavy atom. The van der Waals surface area contributed by atoms with Crippen molar-refractivity contribution in [3.8, 4) is 0 Å². The summed E-state index contributed by atoms with van der Waals surface area (Å²) >= 11 is 0. The topological polar surface area (TPSA) is 76.0 Å². The Kier molecular flexibility index (Phi) is 6.27. The largest absolute Gasteiger partial charge is 0.351 e. The van der Waals surface area contributed by atoms with Gasteiger partial charge in [-0.3, -0.25) is 9.59 Å². The number of aryl methyl sites for hydroxylation is 1. The normalized spacial score (nSPS) is 13.1. The first-order chi connectivity index (χ1) is 13.1.